The molecule has 0 amide bonds. The molecule has 2 aromatic carbocycles. The Morgan fingerprint density at radius 2 is 1.71 bits per heavy atom. The smallest absolute Gasteiger partial charge is 0.338 e. The molecule has 0 spiro atoms. The number of hydrogen-bond acceptors (Lipinski definition) is 1. The minimum atomic E-state index is -1.50. The first-order valence-corrected chi connectivity index (χ1v) is 10.2. The maximum absolute atomic E-state index is 14.9. The van der Waals surface area contributed by atoms with Gasteiger partial charge in [-0.25, -0.2) is 18.0 Å². The standard InChI is InChI=1S/C23H25F3O2/c1-2-12-3-4-14-10-15(6-5-13(14)9-12)18-11-16-7-8-17(23(27)28)20(24)19(16)22(26)21(18)25/h7-8,11-15H,2-6,9-10H2,1H3,(H,27,28). The van der Waals surface area contributed by atoms with Crippen LogP contribution in [0.25, 0.3) is 10.8 Å². The van der Waals surface area contributed by atoms with Crippen LogP contribution in [0.15, 0.2) is 18.2 Å². The molecule has 0 bridgehead atoms. The molecule has 4 rings (SSSR count). The van der Waals surface area contributed by atoms with E-state index in [9.17, 15) is 18.0 Å². The Morgan fingerprint density at radius 3 is 2.43 bits per heavy atom. The highest BCUT2D eigenvalue weighted by atomic mass is 19.2. The number of rotatable bonds is 3. The normalized spacial score (nSPS) is 27.6. The van der Waals surface area contributed by atoms with Crippen molar-refractivity contribution in [3.8, 4) is 0 Å². The highest BCUT2D eigenvalue weighted by Crippen LogP contribution is 2.49. The third-order valence-corrected chi connectivity index (χ3v) is 7.12. The first kappa shape index (κ1) is 19.3. The first-order chi connectivity index (χ1) is 13.4. The molecule has 4 unspecified atom stereocenters. The summed E-state index contributed by atoms with van der Waals surface area (Å²) in [5.41, 5.74) is -0.338. The number of halogens is 3. The molecule has 2 aliphatic rings. The Morgan fingerprint density at radius 1 is 1.00 bits per heavy atom. The van der Waals surface area contributed by atoms with E-state index in [1.54, 1.807) is 0 Å². The van der Waals surface area contributed by atoms with Crippen LogP contribution in [-0.2, 0) is 0 Å². The van der Waals surface area contributed by atoms with E-state index < -0.39 is 34.4 Å². The van der Waals surface area contributed by atoms with Gasteiger partial charge in [0.15, 0.2) is 11.6 Å². The van der Waals surface area contributed by atoms with Crippen molar-refractivity contribution in [2.75, 3.05) is 0 Å². The van der Waals surface area contributed by atoms with E-state index in [1.807, 2.05) is 0 Å². The molecular weight excluding hydrogens is 365 g/mol. The summed E-state index contributed by atoms with van der Waals surface area (Å²) in [6.07, 6.45) is 7.49. The molecule has 2 nitrogen and oxygen atoms in total. The van der Waals surface area contributed by atoms with Gasteiger partial charge in [-0.1, -0.05) is 25.8 Å². The van der Waals surface area contributed by atoms with Crippen molar-refractivity contribution in [1.82, 2.24) is 0 Å². The average molecular weight is 390 g/mol. The van der Waals surface area contributed by atoms with Gasteiger partial charge in [-0.2, -0.15) is 0 Å². The zero-order valence-electron chi connectivity index (χ0n) is 16.0. The zero-order chi connectivity index (χ0) is 20.0. The fourth-order valence-electron chi connectivity index (χ4n) is 5.50. The number of fused-ring (bicyclic) bond motifs is 2. The second kappa shape index (κ2) is 7.41. The highest BCUT2D eigenvalue weighted by Gasteiger charge is 2.37. The number of hydrogen-bond donors (Lipinski definition) is 1. The first-order valence-electron chi connectivity index (χ1n) is 10.2. The summed E-state index contributed by atoms with van der Waals surface area (Å²) in [7, 11) is 0. The molecule has 0 heterocycles. The summed E-state index contributed by atoms with van der Waals surface area (Å²) in [4.78, 5) is 11.1. The molecule has 0 aromatic heterocycles. The van der Waals surface area contributed by atoms with Crippen LogP contribution >= 0.6 is 0 Å². The molecule has 0 saturated heterocycles. The summed E-state index contributed by atoms with van der Waals surface area (Å²) in [5, 5.41) is 8.68. The van der Waals surface area contributed by atoms with E-state index in [-0.39, 0.29) is 11.3 Å². The van der Waals surface area contributed by atoms with E-state index in [2.05, 4.69) is 6.92 Å². The van der Waals surface area contributed by atoms with Gasteiger partial charge < -0.3 is 5.11 Å². The molecular formula is C23H25F3O2. The van der Waals surface area contributed by atoms with Crippen LogP contribution in [0.1, 0.15) is 73.7 Å². The number of aromatic carboxylic acids is 1. The van der Waals surface area contributed by atoms with E-state index in [0.29, 0.717) is 17.4 Å². The lowest BCUT2D eigenvalue weighted by atomic mass is 9.63. The predicted octanol–water partition coefficient (Wildman–Crippen LogP) is 6.67. The Hall–Kier alpha value is -2.04. The summed E-state index contributed by atoms with van der Waals surface area (Å²) < 4.78 is 44.1. The monoisotopic (exact) mass is 390 g/mol. The highest BCUT2D eigenvalue weighted by molar-refractivity contribution is 5.95. The van der Waals surface area contributed by atoms with Gasteiger partial charge in [-0.05, 0) is 78.9 Å². The molecule has 2 aromatic rings. The minimum absolute atomic E-state index is 0.0689. The van der Waals surface area contributed by atoms with Crippen molar-refractivity contribution in [2.24, 2.45) is 17.8 Å². The number of benzene rings is 2. The predicted molar refractivity (Wildman–Crippen MR) is 102 cm³/mol. The lowest BCUT2D eigenvalue weighted by molar-refractivity contribution is 0.0692. The average Bonchev–Trinajstić information content (AvgIpc) is 2.69. The van der Waals surface area contributed by atoms with Crippen LogP contribution < -0.4 is 0 Å². The Labute approximate surface area is 162 Å². The number of carboxylic acid groups (broad SMARTS) is 1. The van der Waals surface area contributed by atoms with E-state index in [1.165, 1.54) is 31.4 Å². The molecule has 5 heteroatoms. The van der Waals surface area contributed by atoms with Crippen LogP contribution in [0.5, 0.6) is 0 Å². The number of carbonyl (C=O) groups is 1. The second-order valence-corrected chi connectivity index (χ2v) is 8.54. The maximum Gasteiger partial charge on any atom is 0.338 e. The lowest BCUT2D eigenvalue weighted by Crippen LogP contribution is -2.30. The fraction of sp³-hybridized carbons (Fsp3) is 0.522. The van der Waals surface area contributed by atoms with Gasteiger partial charge >= 0.3 is 5.97 Å². The summed E-state index contributed by atoms with van der Waals surface area (Å²) in [6.45, 7) is 2.23. The maximum atomic E-state index is 14.9. The molecule has 4 atom stereocenters. The molecule has 0 aliphatic heterocycles. The van der Waals surface area contributed by atoms with E-state index >= 15 is 0 Å². The Balaban J connectivity index is 1.68. The van der Waals surface area contributed by atoms with Gasteiger partial charge in [0.25, 0.3) is 0 Å². The van der Waals surface area contributed by atoms with Crippen molar-refractivity contribution >= 4 is 16.7 Å². The topological polar surface area (TPSA) is 37.3 Å². The lowest BCUT2D eigenvalue weighted by Gasteiger charge is -2.42. The van der Waals surface area contributed by atoms with Crippen LogP contribution in [-0.4, -0.2) is 11.1 Å². The SMILES string of the molecule is CCC1CCC2CC(c3cc4ccc(C(=O)O)c(F)c4c(F)c3F)CCC2C1. The van der Waals surface area contributed by atoms with Crippen molar-refractivity contribution in [3.63, 3.8) is 0 Å². The fourth-order valence-corrected chi connectivity index (χ4v) is 5.50. The van der Waals surface area contributed by atoms with Gasteiger partial charge in [-0.15, -0.1) is 0 Å². The molecule has 2 fully saturated rings. The Bertz CT molecular complexity index is 924. The summed E-state index contributed by atoms with van der Waals surface area (Å²) in [5.74, 6) is -3.06. The summed E-state index contributed by atoms with van der Waals surface area (Å²) in [6, 6.07) is 4.00. The Kier molecular flexibility index (Phi) is 5.11. The van der Waals surface area contributed by atoms with Crippen LogP contribution in [0, 0.1) is 35.2 Å². The van der Waals surface area contributed by atoms with Crippen molar-refractivity contribution in [3.05, 3.63) is 46.8 Å². The third kappa shape index (κ3) is 3.19. The molecule has 2 saturated carbocycles. The molecule has 150 valence electrons. The molecule has 28 heavy (non-hydrogen) atoms. The van der Waals surface area contributed by atoms with Gasteiger partial charge in [0.05, 0.1) is 10.9 Å². The largest absolute Gasteiger partial charge is 0.478 e. The van der Waals surface area contributed by atoms with Gasteiger partial charge in [0.1, 0.15) is 5.82 Å². The second-order valence-electron chi connectivity index (χ2n) is 8.54. The van der Waals surface area contributed by atoms with Crippen molar-refractivity contribution < 1.29 is 23.1 Å². The van der Waals surface area contributed by atoms with E-state index in [4.69, 9.17) is 5.11 Å². The molecule has 0 radical (unpaired) electrons. The number of carboxylic acids is 1. The van der Waals surface area contributed by atoms with Crippen LogP contribution in [0.3, 0.4) is 0 Å². The zero-order valence-corrected chi connectivity index (χ0v) is 16.0. The quantitative estimate of drug-likeness (QED) is 0.636. The van der Waals surface area contributed by atoms with Crippen molar-refractivity contribution in [2.45, 2.75) is 57.8 Å². The molecule has 2 aliphatic carbocycles. The molecule has 1 N–H and O–H groups in total. The van der Waals surface area contributed by atoms with Gasteiger partial charge in [0.2, 0.25) is 0 Å². The van der Waals surface area contributed by atoms with Crippen LogP contribution in [0.2, 0.25) is 0 Å². The van der Waals surface area contributed by atoms with E-state index in [0.717, 1.165) is 37.7 Å². The van der Waals surface area contributed by atoms with Gasteiger partial charge in [0, 0.05) is 0 Å². The summed E-state index contributed by atoms with van der Waals surface area (Å²) >= 11 is 0. The van der Waals surface area contributed by atoms with Gasteiger partial charge in [-0.3, -0.25) is 0 Å². The third-order valence-electron chi connectivity index (χ3n) is 7.12. The van der Waals surface area contributed by atoms with Crippen LogP contribution in [0.4, 0.5) is 13.2 Å². The minimum Gasteiger partial charge on any atom is -0.478 e. The van der Waals surface area contributed by atoms with Crippen molar-refractivity contribution in [1.29, 1.82) is 0 Å².